The second kappa shape index (κ2) is 11.0. The molecule has 1 amide bonds. The SMILES string of the molecule is CC(CCOc1ccc(C(N)C(=O)N2CCC(F)(F)C2)cc1)C1CCN(c2ncc(Cl)cn2)CC1. The number of carbonyl (C=O) groups excluding carboxylic acids is 1. The van der Waals surface area contributed by atoms with Crippen LogP contribution in [0.3, 0.4) is 0 Å². The Morgan fingerprint density at radius 3 is 2.46 bits per heavy atom. The Labute approximate surface area is 209 Å². The number of hydrogen-bond donors (Lipinski definition) is 1. The first-order valence-electron chi connectivity index (χ1n) is 12.1. The molecular formula is C25H32ClF2N5O2. The van der Waals surface area contributed by atoms with Gasteiger partial charge in [-0.15, -0.1) is 0 Å². The summed E-state index contributed by atoms with van der Waals surface area (Å²) in [5.74, 6) is -0.737. The monoisotopic (exact) mass is 507 g/mol. The molecule has 2 aromatic rings. The summed E-state index contributed by atoms with van der Waals surface area (Å²) in [4.78, 5) is 24.4. The number of anilines is 1. The Balaban J connectivity index is 1.19. The van der Waals surface area contributed by atoms with Crippen LogP contribution in [0.1, 0.15) is 44.2 Å². The van der Waals surface area contributed by atoms with Gasteiger partial charge in [0.1, 0.15) is 11.8 Å². The van der Waals surface area contributed by atoms with Gasteiger partial charge in [0.2, 0.25) is 11.9 Å². The van der Waals surface area contributed by atoms with Crippen molar-refractivity contribution in [3.8, 4) is 5.75 Å². The number of hydrogen-bond acceptors (Lipinski definition) is 6. The van der Waals surface area contributed by atoms with Crippen LogP contribution >= 0.6 is 11.6 Å². The molecule has 0 bridgehead atoms. The van der Waals surface area contributed by atoms with Crippen molar-refractivity contribution in [1.29, 1.82) is 0 Å². The topological polar surface area (TPSA) is 84.6 Å². The first kappa shape index (κ1) is 25.6. The van der Waals surface area contributed by atoms with E-state index in [2.05, 4.69) is 21.8 Å². The van der Waals surface area contributed by atoms with Crippen LogP contribution in [0.15, 0.2) is 36.7 Å². The molecule has 1 aromatic carbocycles. The van der Waals surface area contributed by atoms with Crippen LogP contribution in [0.5, 0.6) is 5.75 Å². The summed E-state index contributed by atoms with van der Waals surface area (Å²) < 4.78 is 32.7. The molecule has 2 N–H and O–H groups in total. The molecule has 7 nitrogen and oxygen atoms in total. The van der Waals surface area contributed by atoms with Gasteiger partial charge in [-0.25, -0.2) is 18.7 Å². The number of rotatable bonds is 8. The van der Waals surface area contributed by atoms with E-state index in [0.29, 0.717) is 34.8 Å². The van der Waals surface area contributed by atoms with Crippen molar-refractivity contribution in [3.63, 3.8) is 0 Å². The van der Waals surface area contributed by atoms with E-state index in [9.17, 15) is 13.6 Å². The van der Waals surface area contributed by atoms with Gasteiger partial charge in [-0.05, 0) is 48.8 Å². The molecule has 2 aliphatic rings. The third kappa shape index (κ3) is 6.58. The van der Waals surface area contributed by atoms with Crippen molar-refractivity contribution in [2.75, 3.05) is 37.7 Å². The summed E-state index contributed by atoms with van der Waals surface area (Å²) in [6, 6.07) is 6.04. The van der Waals surface area contributed by atoms with Gasteiger partial charge in [-0.1, -0.05) is 30.7 Å². The average Bonchev–Trinajstić information content (AvgIpc) is 3.23. The molecular weight excluding hydrogens is 476 g/mol. The lowest BCUT2D eigenvalue weighted by molar-refractivity contribution is -0.133. The maximum Gasteiger partial charge on any atom is 0.267 e. The van der Waals surface area contributed by atoms with E-state index < -0.39 is 24.4 Å². The van der Waals surface area contributed by atoms with Crippen LogP contribution in [-0.4, -0.2) is 59.5 Å². The molecule has 2 fully saturated rings. The van der Waals surface area contributed by atoms with Gasteiger partial charge in [0.05, 0.1) is 30.6 Å². The highest BCUT2D eigenvalue weighted by Crippen LogP contribution is 2.30. The lowest BCUT2D eigenvalue weighted by Gasteiger charge is -2.34. The Bertz CT molecular complexity index is 984. The number of likely N-dealkylation sites (tertiary alicyclic amines) is 1. The van der Waals surface area contributed by atoms with Crippen LogP contribution in [0.4, 0.5) is 14.7 Å². The summed E-state index contributed by atoms with van der Waals surface area (Å²) in [5.41, 5.74) is 6.62. The molecule has 4 rings (SSSR count). The van der Waals surface area contributed by atoms with Gasteiger partial charge in [0, 0.05) is 26.1 Å². The minimum atomic E-state index is -2.83. The predicted molar refractivity (Wildman–Crippen MR) is 131 cm³/mol. The van der Waals surface area contributed by atoms with Crippen LogP contribution in [-0.2, 0) is 4.79 Å². The standard InChI is InChI=1S/C25H32ClF2N5O2/c1-17(18-6-10-32(11-7-18)24-30-14-20(26)15-31-24)8-13-35-21-4-2-19(3-5-21)22(29)23(34)33-12-9-25(27,28)16-33/h2-5,14-15,17-18,22H,6-13,16,29H2,1H3. The number of alkyl halides is 2. The maximum atomic E-state index is 13.4. The third-order valence-corrected chi connectivity index (χ3v) is 7.26. The number of amides is 1. The van der Waals surface area contributed by atoms with Crippen molar-refractivity contribution in [1.82, 2.24) is 14.9 Å². The number of piperidine rings is 1. The highest BCUT2D eigenvalue weighted by atomic mass is 35.5. The molecule has 2 atom stereocenters. The van der Waals surface area contributed by atoms with E-state index >= 15 is 0 Å². The lowest BCUT2D eigenvalue weighted by Crippen LogP contribution is -2.38. The molecule has 2 aliphatic heterocycles. The van der Waals surface area contributed by atoms with Gasteiger partial charge in [0.15, 0.2) is 0 Å². The molecule has 0 aliphatic carbocycles. The summed E-state index contributed by atoms with van der Waals surface area (Å²) in [5, 5.41) is 0.539. The summed E-state index contributed by atoms with van der Waals surface area (Å²) in [6.45, 7) is 4.17. The number of ether oxygens (including phenoxy) is 1. The second-order valence-corrected chi connectivity index (χ2v) is 9.99. The zero-order valence-electron chi connectivity index (χ0n) is 19.9. The molecule has 10 heteroatoms. The first-order chi connectivity index (χ1) is 16.7. The van der Waals surface area contributed by atoms with Crippen molar-refractivity contribution in [2.24, 2.45) is 17.6 Å². The fourth-order valence-electron chi connectivity index (χ4n) is 4.77. The van der Waals surface area contributed by atoms with Gasteiger partial charge < -0.3 is 20.3 Å². The third-order valence-electron chi connectivity index (χ3n) is 7.06. The number of nitrogens with zero attached hydrogens (tertiary/aromatic N) is 4. The van der Waals surface area contributed by atoms with Crippen LogP contribution in [0.25, 0.3) is 0 Å². The fourth-order valence-corrected chi connectivity index (χ4v) is 4.87. The lowest BCUT2D eigenvalue weighted by atomic mass is 9.84. The Hall–Kier alpha value is -2.52. The average molecular weight is 508 g/mol. The highest BCUT2D eigenvalue weighted by molar-refractivity contribution is 6.30. The molecule has 35 heavy (non-hydrogen) atoms. The number of aromatic nitrogens is 2. The summed E-state index contributed by atoms with van der Waals surface area (Å²) in [6.07, 6.45) is 6.04. The van der Waals surface area contributed by atoms with E-state index in [0.717, 1.165) is 43.2 Å². The van der Waals surface area contributed by atoms with Crippen LogP contribution in [0, 0.1) is 11.8 Å². The van der Waals surface area contributed by atoms with Crippen molar-refractivity contribution < 1.29 is 18.3 Å². The minimum absolute atomic E-state index is 0.0346. The van der Waals surface area contributed by atoms with Crippen LogP contribution < -0.4 is 15.4 Å². The molecule has 0 radical (unpaired) electrons. The summed E-state index contributed by atoms with van der Waals surface area (Å²) >= 11 is 5.88. The molecule has 190 valence electrons. The second-order valence-electron chi connectivity index (χ2n) is 9.55. The fraction of sp³-hybridized carbons (Fsp3) is 0.560. The first-order valence-corrected chi connectivity index (χ1v) is 12.5. The van der Waals surface area contributed by atoms with Crippen LogP contribution in [0.2, 0.25) is 5.02 Å². The van der Waals surface area contributed by atoms with Crippen molar-refractivity contribution in [2.45, 2.75) is 44.6 Å². The zero-order chi connectivity index (χ0) is 25.0. The van der Waals surface area contributed by atoms with Gasteiger partial charge in [-0.3, -0.25) is 4.79 Å². The molecule has 2 saturated heterocycles. The molecule has 1 aromatic heterocycles. The quantitative estimate of drug-likeness (QED) is 0.573. The smallest absolute Gasteiger partial charge is 0.267 e. The number of carbonyl (C=O) groups is 1. The molecule has 0 spiro atoms. The molecule has 0 saturated carbocycles. The van der Waals surface area contributed by atoms with Gasteiger partial charge in [-0.2, -0.15) is 0 Å². The Morgan fingerprint density at radius 2 is 1.86 bits per heavy atom. The van der Waals surface area contributed by atoms with E-state index in [1.165, 1.54) is 0 Å². The predicted octanol–water partition coefficient (Wildman–Crippen LogP) is 4.32. The van der Waals surface area contributed by atoms with E-state index in [4.69, 9.17) is 22.1 Å². The molecule has 3 heterocycles. The van der Waals surface area contributed by atoms with Crippen molar-refractivity contribution >= 4 is 23.5 Å². The largest absolute Gasteiger partial charge is 0.494 e. The van der Waals surface area contributed by atoms with E-state index in [1.54, 1.807) is 36.7 Å². The minimum Gasteiger partial charge on any atom is -0.494 e. The normalized spacial score (nSPS) is 20.0. The number of nitrogens with two attached hydrogens (primary N) is 1. The van der Waals surface area contributed by atoms with E-state index in [1.807, 2.05) is 0 Å². The Morgan fingerprint density at radius 1 is 1.20 bits per heavy atom. The summed E-state index contributed by atoms with van der Waals surface area (Å²) in [7, 11) is 0. The number of benzene rings is 1. The number of halogens is 3. The van der Waals surface area contributed by atoms with Gasteiger partial charge in [0.25, 0.3) is 5.92 Å². The van der Waals surface area contributed by atoms with Crippen molar-refractivity contribution in [3.05, 3.63) is 47.2 Å². The van der Waals surface area contributed by atoms with E-state index in [-0.39, 0.29) is 13.0 Å². The highest BCUT2D eigenvalue weighted by Gasteiger charge is 2.41. The zero-order valence-corrected chi connectivity index (χ0v) is 20.6. The maximum absolute atomic E-state index is 13.4. The molecule has 2 unspecified atom stereocenters. The van der Waals surface area contributed by atoms with Gasteiger partial charge >= 0.3 is 0 Å². The Kier molecular flexibility index (Phi) is 8.06.